The van der Waals surface area contributed by atoms with E-state index in [0.717, 1.165) is 52.1 Å². The van der Waals surface area contributed by atoms with Gasteiger partial charge in [0.25, 0.3) is 5.91 Å². The first-order valence-electron chi connectivity index (χ1n) is 12.2. The van der Waals surface area contributed by atoms with Gasteiger partial charge in [-0.1, -0.05) is 36.4 Å². The Labute approximate surface area is 205 Å². The summed E-state index contributed by atoms with van der Waals surface area (Å²) in [6.07, 6.45) is 1.99. The zero-order valence-corrected chi connectivity index (χ0v) is 21.1. The molecule has 2 heterocycles. The molecule has 1 fully saturated rings. The van der Waals surface area contributed by atoms with E-state index in [4.69, 9.17) is 4.74 Å². The zero-order chi connectivity index (χ0) is 23.9. The number of rotatable bonds is 9. The third kappa shape index (κ3) is 6.44. The van der Waals surface area contributed by atoms with Crippen LogP contribution < -0.4 is 10.1 Å². The highest BCUT2D eigenvalue weighted by atomic mass is 32.2. The Balaban J connectivity index is 1.20. The first-order valence-corrected chi connectivity index (χ1v) is 13.3. The Hall–Kier alpha value is -2.26. The summed E-state index contributed by atoms with van der Waals surface area (Å²) in [6.45, 7) is 8.04. The third-order valence-corrected chi connectivity index (χ3v) is 8.25. The molecule has 1 saturated heterocycles. The van der Waals surface area contributed by atoms with Crippen molar-refractivity contribution < 1.29 is 13.7 Å². The van der Waals surface area contributed by atoms with Gasteiger partial charge in [0, 0.05) is 51.9 Å². The van der Waals surface area contributed by atoms with E-state index >= 15 is 0 Å². The molecule has 4 rings (SSSR count). The van der Waals surface area contributed by atoms with E-state index in [-0.39, 0.29) is 12.5 Å². The Morgan fingerprint density at radius 2 is 1.85 bits per heavy atom. The molecule has 34 heavy (non-hydrogen) atoms. The van der Waals surface area contributed by atoms with E-state index in [9.17, 15) is 9.00 Å². The molecular formula is C26H36N4O3S. The second-order valence-electron chi connectivity index (χ2n) is 9.20. The van der Waals surface area contributed by atoms with Crippen molar-refractivity contribution in [2.24, 2.45) is 0 Å². The fourth-order valence-corrected chi connectivity index (χ4v) is 5.86. The van der Waals surface area contributed by atoms with Gasteiger partial charge in [0.15, 0.2) is 6.61 Å². The molecule has 0 radical (unpaired) electrons. The number of hydrogen-bond acceptors (Lipinski definition) is 5. The number of piperazine rings is 1. The van der Waals surface area contributed by atoms with Crippen LogP contribution in [0.4, 0.5) is 0 Å². The molecule has 2 aliphatic heterocycles. The lowest BCUT2D eigenvalue weighted by molar-refractivity contribution is -0.123. The molecular weight excluding hydrogens is 448 g/mol. The molecule has 8 heteroatoms. The summed E-state index contributed by atoms with van der Waals surface area (Å²) in [5.74, 6) is 0.354. The second-order valence-corrected chi connectivity index (χ2v) is 10.7. The number of ether oxygens (including phenoxy) is 1. The van der Waals surface area contributed by atoms with Crippen LogP contribution in [0.25, 0.3) is 0 Å². The SMILES string of the molecule is CC1CN(S(=O)c2ccccc2OCC(=O)NCCCN2CCc3ccccc3C2)CCN1C. The van der Waals surface area contributed by atoms with E-state index in [1.807, 2.05) is 22.5 Å². The summed E-state index contributed by atoms with van der Waals surface area (Å²) in [4.78, 5) is 17.7. The molecule has 184 valence electrons. The molecule has 0 aromatic heterocycles. The first-order chi connectivity index (χ1) is 16.5. The normalized spacial score (nSPS) is 20.5. The van der Waals surface area contributed by atoms with Crippen LogP contribution in [0.3, 0.4) is 0 Å². The van der Waals surface area contributed by atoms with Gasteiger partial charge in [-0.3, -0.25) is 9.69 Å². The van der Waals surface area contributed by atoms with Gasteiger partial charge < -0.3 is 15.0 Å². The lowest BCUT2D eigenvalue weighted by Crippen LogP contribution is -2.50. The van der Waals surface area contributed by atoms with Crippen LogP contribution in [0.1, 0.15) is 24.5 Å². The molecule has 2 unspecified atom stereocenters. The quantitative estimate of drug-likeness (QED) is 0.554. The fourth-order valence-electron chi connectivity index (χ4n) is 4.49. The minimum absolute atomic E-state index is 0.0789. The number of para-hydroxylation sites is 1. The number of likely N-dealkylation sites (N-methyl/N-ethyl adjacent to an activating group) is 1. The van der Waals surface area contributed by atoms with E-state index < -0.39 is 11.0 Å². The molecule has 0 saturated carbocycles. The largest absolute Gasteiger partial charge is 0.482 e. The number of amides is 1. The number of nitrogens with one attached hydrogen (secondary N) is 1. The minimum Gasteiger partial charge on any atom is -0.482 e. The highest BCUT2D eigenvalue weighted by molar-refractivity contribution is 7.82. The summed E-state index contributed by atoms with van der Waals surface area (Å²) >= 11 is 0. The molecule has 0 aliphatic carbocycles. The van der Waals surface area contributed by atoms with E-state index in [0.29, 0.717) is 23.2 Å². The standard InChI is InChI=1S/C26H36N4O3S/c1-21-18-30(17-16-28(21)2)34(32)25-11-6-5-10-24(25)33-20-26(31)27-13-7-14-29-15-12-22-8-3-4-9-23(22)19-29/h3-6,8-11,21H,7,12-20H2,1-2H3,(H,27,31). The van der Waals surface area contributed by atoms with Crippen LogP contribution in [0.5, 0.6) is 5.75 Å². The molecule has 2 aromatic carbocycles. The summed E-state index contributed by atoms with van der Waals surface area (Å²) in [7, 11) is 0.777. The maximum atomic E-state index is 13.2. The monoisotopic (exact) mass is 484 g/mol. The topological polar surface area (TPSA) is 65.1 Å². The average molecular weight is 485 g/mol. The van der Waals surface area contributed by atoms with Gasteiger partial charge in [-0.05, 0) is 50.1 Å². The fraction of sp³-hybridized carbons (Fsp3) is 0.500. The van der Waals surface area contributed by atoms with Crippen LogP contribution >= 0.6 is 0 Å². The van der Waals surface area contributed by atoms with Crippen molar-refractivity contribution in [3.05, 3.63) is 59.7 Å². The summed E-state index contributed by atoms with van der Waals surface area (Å²) in [6, 6.07) is 16.3. The van der Waals surface area contributed by atoms with E-state index in [1.54, 1.807) is 6.07 Å². The van der Waals surface area contributed by atoms with Crippen molar-refractivity contribution in [1.82, 2.24) is 19.4 Å². The van der Waals surface area contributed by atoms with Crippen molar-refractivity contribution in [2.75, 3.05) is 52.9 Å². The van der Waals surface area contributed by atoms with Crippen molar-refractivity contribution in [3.8, 4) is 5.75 Å². The Bertz CT molecular complexity index is 1000. The summed E-state index contributed by atoms with van der Waals surface area (Å²) in [5, 5.41) is 2.95. The Kier molecular flexibility index (Phi) is 8.72. The summed E-state index contributed by atoms with van der Waals surface area (Å²) in [5.41, 5.74) is 2.86. The van der Waals surface area contributed by atoms with Crippen LogP contribution in [0.15, 0.2) is 53.4 Å². The molecule has 7 nitrogen and oxygen atoms in total. The maximum Gasteiger partial charge on any atom is 0.257 e. The van der Waals surface area contributed by atoms with Gasteiger partial charge in [0.05, 0.1) is 4.90 Å². The molecule has 0 spiro atoms. The van der Waals surface area contributed by atoms with Gasteiger partial charge in [0.2, 0.25) is 0 Å². The molecule has 1 amide bonds. The number of benzene rings is 2. The van der Waals surface area contributed by atoms with Crippen molar-refractivity contribution in [2.45, 2.75) is 37.2 Å². The first kappa shape index (κ1) is 24.9. The molecule has 0 bridgehead atoms. The molecule has 1 N–H and O–H groups in total. The van der Waals surface area contributed by atoms with E-state index in [2.05, 4.69) is 53.4 Å². The van der Waals surface area contributed by atoms with Crippen molar-refractivity contribution in [3.63, 3.8) is 0 Å². The van der Waals surface area contributed by atoms with Crippen LogP contribution in [-0.4, -0.2) is 83.2 Å². The molecule has 2 aromatic rings. The van der Waals surface area contributed by atoms with Crippen LogP contribution in [0, 0.1) is 0 Å². The minimum atomic E-state index is -1.31. The smallest absolute Gasteiger partial charge is 0.257 e. The Morgan fingerprint density at radius 3 is 2.68 bits per heavy atom. The number of carbonyl (C=O) groups is 1. The van der Waals surface area contributed by atoms with Crippen molar-refractivity contribution in [1.29, 1.82) is 0 Å². The highest BCUT2D eigenvalue weighted by Crippen LogP contribution is 2.25. The number of fused-ring (bicyclic) bond motifs is 1. The molecule has 2 atom stereocenters. The van der Waals surface area contributed by atoms with Gasteiger partial charge in [-0.15, -0.1) is 0 Å². The average Bonchev–Trinajstić information content (AvgIpc) is 2.86. The zero-order valence-electron chi connectivity index (χ0n) is 20.2. The van der Waals surface area contributed by atoms with Crippen LogP contribution in [0.2, 0.25) is 0 Å². The number of hydrogen-bond donors (Lipinski definition) is 1. The van der Waals surface area contributed by atoms with Crippen molar-refractivity contribution >= 4 is 16.9 Å². The van der Waals surface area contributed by atoms with Crippen LogP contribution in [-0.2, 0) is 28.7 Å². The summed E-state index contributed by atoms with van der Waals surface area (Å²) < 4.78 is 21.0. The number of carbonyl (C=O) groups excluding carboxylic acids is 1. The second kappa shape index (κ2) is 11.9. The third-order valence-electron chi connectivity index (χ3n) is 6.74. The maximum absolute atomic E-state index is 13.2. The number of nitrogens with zero attached hydrogens (tertiary/aromatic N) is 3. The lowest BCUT2D eigenvalue weighted by atomic mass is 10.00. The lowest BCUT2D eigenvalue weighted by Gasteiger charge is -2.36. The van der Waals surface area contributed by atoms with Gasteiger partial charge in [-0.25, -0.2) is 8.51 Å². The highest BCUT2D eigenvalue weighted by Gasteiger charge is 2.27. The van der Waals surface area contributed by atoms with Gasteiger partial charge >= 0.3 is 0 Å². The van der Waals surface area contributed by atoms with E-state index in [1.165, 1.54) is 11.1 Å². The predicted octanol–water partition coefficient (Wildman–Crippen LogP) is 2.29. The van der Waals surface area contributed by atoms with Gasteiger partial charge in [-0.2, -0.15) is 0 Å². The Morgan fingerprint density at radius 1 is 1.09 bits per heavy atom. The molecule has 2 aliphatic rings. The predicted molar refractivity (Wildman–Crippen MR) is 135 cm³/mol. The van der Waals surface area contributed by atoms with Gasteiger partial charge in [0.1, 0.15) is 16.7 Å².